The highest BCUT2D eigenvalue weighted by Crippen LogP contribution is 2.20. The summed E-state index contributed by atoms with van der Waals surface area (Å²) in [6.07, 6.45) is 0.751. The van der Waals surface area contributed by atoms with Crippen molar-refractivity contribution in [3.05, 3.63) is 11.7 Å². The van der Waals surface area contributed by atoms with Crippen LogP contribution in [0.2, 0.25) is 0 Å². The highest BCUT2D eigenvalue weighted by Gasteiger charge is 2.25. The predicted octanol–water partition coefficient (Wildman–Crippen LogP) is 1.10. The van der Waals surface area contributed by atoms with Crippen LogP contribution in [0.15, 0.2) is 4.52 Å². The molecule has 0 radical (unpaired) electrons. The van der Waals surface area contributed by atoms with E-state index in [1.54, 1.807) is 7.11 Å². The normalized spacial score (nSPS) is 12.0. The van der Waals surface area contributed by atoms with E-state index in [-0.39, 0.29) is 0 Å². The molecule has 0 atom stereocenters. The lowest BCUT2D eigenvalue weighted by Crippen LogP contribution is -2.21. The highest BCUT2D eigenvalue weighted by atomic mass is 16.5. The Bertz CT molecular complexity index is 297. The van der Waals surface area contributed by atoms with E-state index < -0.39 is 5.60 Å². The number of hydrogen-bond acceptors (Lipinski definition) is 5. The minimum atomic E-state index is -0.486. The van der Waals surface area contributed by atoms with Crippen LogP contribution < -0.4 is 5.32 Å². The van der Waals surface area contributed by atoms with E-state index in [0.29, 0.717) is 11.7 Å². The molecule has 0 saturated carbocycles. The molecule has 1 aromatic heterocycles. The maximum absolute atomic E-state index is 5.26. The van der Waals surface area contributed by atoms with Crippen LogP contribution in [0.25, 0.3) is 0 Å². The van der Waals surface area contributed by atoms with Crippen LogP contribution in [0.4, 0.5) is 0 Å². The van der Waals surface area contributed by atoms with Gasteiger partial charge in [-0.1, -0.05) is 12.1 Å². The van der Waals surface area contributed by atoms with Crippen molar-refractivity contribution in [1.82, 2.24) is 15.5 Å². The van der Waals surface area contributed by atoms with Gasteiger partial charge in [0.15, 0.2) is 0 Å². The molecular formula is C10H19N3O2. The zero-order valence-corrected chi connectivity index (χ0v) is 9.83. The number of nitrogens with zero attached hydrogens (tertiary/aromatic N) is 2. The second-order valence-electron chi connectivity index (χ2n) is 3.83. The maximum Gasteiger partial charge on any atom is 0.228 e. The second-order valence-corrected chi connectivity index (χ2v) is 3.83. The SMILES string of the molecule is CCNCCc1nc(C(C)(C)OC)no1. The van der Waals surface area contributed by atoms with Crippen molar-refractivity contribution in [2.75, 3.05) is 20.2 Å². The van der Waals surface area contributed by atoms with Gasteiger partial charge in [0, 0.05) is 20.1 Å². The zero-order chi connectivity index (χ0) is 11.3. The van der Waals surface area contributed by atoms with Crippen LogP contribution in [-0.2, 0) is 16.8 Å². The number of likely N-dealkylation sites (N-methyl/N-ethyl adjacent to an activating group) is 1. The van der Waals surface area contributed by atoms with Gasteiger partial charge in [-0.3, -0.25) is 0 Å². The molecule has 0 amide bonds. The first-order chi connectivity index (χ1) is 7.10. The molecule has 1 rings (SSSR count). The van der Waals surface area contributed by atoms with Crippen molar-refractivity contribution in [1.29, 1.82) is 0 Å². The second kappa shape index (κ2) is 5.23. The third kappa shape index (κ3) is 3.28. The molecular weight excluding hydrogens is 194 g/mol. The van der Waals surface area contributed by atoms with Crippen LogP contribution in [0.1, 0.15) is 32.5 Å². The summed E-state index contributed by atoms with van der Waals surface area (Å²) in [5, 5.41) is 7.10. The molecule has 0 saturated heterocycles. The largest absolute Gasteiger partial charge is 0.371 e. The van der Waals surface area contributed by atoms with Crippen LogP contribution >= 0.6 is 0 Å². The fraction of sp³-hybridized carbons (Fsp3) is 0.800. The van der Waals surface area contributed by atoms with E-state index in [9.17, 15) is 0 Å². The van der Waals surface area contributed by atoms with E-state index in [1.807, 2.05) is 13.8 Å². The number of aromatic nitrogens is 2. The molecule has 0 aliphatic carbocycles. The van der Waals surface area contributed by atoms with Crippen LogP contribution in [0.5, 0.6) is 0 Å². The number of ether oxygens (including phenoxy) is 1. The summed E-state index contributed by atoms with van der Waals surface area (Å²) in [5.41, 5.74) is -0.486. The predicted molar refractivity (Wildman–Crippen MR) is 56.6 cm³/mol. The van der Waals surface area contributed by atoms with Crippen molar-refractivity contribution in [2.24, 2.45) is 0 Å². The summed E-state index contributed by atoms with van der Waals surface area (Å²) in [6, 6.07) is 0. The van der Waals surface area contributed by atoms with E-state index in [0.717, 1.165) is 19.5 Å². The Balaban J connectivity index is 2.56. The first-order valence-corrected chi connectivity index (χ1v) is 5.19. The Morgan fingerprint density at radius 1 is 1.47 bits per heavy atom. The first-order valence-electron chi connectivity index (χ1n) is 5.19. The molecule has 0 spiro atoms. The van der Waals surface area contributed by atoms with Gasteiger partial charge < -0.3 is 14.6 Å². The molecule has 5 heteroatoms. The summed E-state index contributed by atoms with van der Waals surface area (Å²) >= 11 is 0. The number of rotatable bonds is 6. The molecule has 1 aromatic rings. The van der Waals surface area contributed by atoms with Gasteiger partial charge in [-0.2, -0.15) is 4.98 Å². The lowest BCUT2D eigenvalue weighted by atomic mass is 10.1. The smallest absolute Gasteiger partial charge is 0.228 e. The van der Waals surface area contributed by atoms with Gasteiger partial charge in [-0.15, -0.1) is 0 Å². The zero-order valence-electron chi connectivity index (χ0n) is 9.83. The van der Waals surface area contributed by atoms with Gasteiger partial charge in [-0.25, -0.2) is 0 Å². The minimum absolute atomic E-state index is 0.486. The van der Waals surface area contributed by atoms with E-state index >= 15 is 0 Å². The van der Waals surface area contributed by atoms with Gasteiger partial charge in [0.25, 0.3) is 0 Å². The quantitative estimate of drug-likeness (QED) is 0.717. The van der Waals surface area contributed by atoms with Crippen molar-refractivity contribution in [3.8, 4) is 0 Å². The third-order valence-corrected chi connectivity index (χ3v) is 2.28. The van der Waals surface area contributed by atoms with Crippen molar-refractivity contribution < 1.29 is 9.26 Å². The van der Waals surface area contributed by atoms with E-state index in [1.165, 1.54) is 0 Å². The summed E-state index contributed by atoms with van der Waals surface area (Å²) < 4.78 is 10.4. The lowest BCUT2D eigenvalue weighted by molar-refractivity contribution is 0.00973. The Morgan fingerprint density at radius 3 is 2.80 bits per heavy atom. The highest BCUT2D eigenvalue weighted by molar-refractivity contribution is 4.97. The van der Waals surface area contributed by atoms with Gasteiger partial charge in [0.1, 0.15) is 5.60 Å². The average Bonchev–Trinajstić information content (AvgIpc) is 2.68. The van der Waals surface area contributed by atoms with Crippen LogP contribution in [0, 0.1) is 0 Å². The first kappa shape index (κ1) is 12.1. The Labute approximate surface area is 90.2 Å². The molecule has 1 N–H and O–H groups in total. The minimum Gasteiger partial charge on any atom is -0.371 e. The summed E-state index contributed by atoms with van der Waals surface area (Å²) in [4.78, 5) is 4.28. The van der Waals surface area contributed by atoms with Gasteiger partial charge >= 0.3 is 0 Å². The number of methoxy groups -OCH3 is 1. The maximum atomic E-state index is 5.26. The van der Waals surface area contributed by atoms with Gasteiger partial charge in [0.2, 0.25) is 11.7 Å². The van der Waals surface area contributed by atoms with Crippen LogP contribution in [0.3, 0.4) is 0 Å². The molecule has 0 aliphatic heterocycles. The lowest BCUT2D eigenvalue weighted by Gasteiger charge is -2.17. The van der Waals surface area contributed by atoms with Crippen molar-refractivity contribution in [3.63, 3.8) is 0 Å². The third-order valence-electron chi connectivity index (χ3n) is 2.28. The number of hydrogen-bond donors (Lipinski definition) is 1. The van der Waals surface area contributed by atoms with Crippen LogP contribution in [-0.4, -0.2) is 30.3 Å². The molecule has 0 aromatic carbocycles. The fourth-order valence-electron chi connectivity index (χ4n) is 1.06. The van der Waals surface area contributed by atoms with E-state index in [4.69, 9.17) is 9.26 Å². The molecule has 1 heterocycles. The topological polar surface area (TPSA) is 60.2 Å². The standard InChI is InChI=1S/C10H19N3O2/c1-5-11-7-6-8-12-9(13-15-8)10(2,3)14-4/h11H,5-7H2,1-4H3. The Morgan fingerprint density at radius 2 is 2.20 bits per heavy atom. The molecule has 5 nitrogen and oxygen atoms in total. The van der Waals surface area contributed by atoms with Crippen molar-refractivity contribution >= 4 is 0 Å². The average molecular weight is 213 g/mol. The molecule has 15 heavy (non-hydrogen) atoms. The van der Waals surface area contributed by atoms with E-state index in [2.05, 4.69) is 22.4 Å². The number of nitrogens with one attached hydrogen (secondary N) is 1. The van der Waals surface area contributed by atoms with Crippen molar-refractivity contribution in [2.45, 2.75) is 32.8 Å². The molecule has 0 aliphatic rings. The molecule has 86 valence electrons. The summed E-state index contributed by atoms with van der Waals surface area (Å²) in [6.45, 7) is 7.68. The molecule has 0 fully saturated rings. The van der Waals surface area contributed by atoms with Gasteiger partial charge in [0.05, 0.1) is 0 Å². The molecule has 0 unspecified atom stereocenters. The Kier molecular flexibility index (Phi) is 4.23. The summed E-state index contributed by atoms with van der Waals surface area (Å²) in [5.74, 6) is 1.24. The Hall–Kier alpha value is -0.940. The van der Waals surface area contributed by atoms with Gasteiger partial charge in [-0.05, 0) is 20.4 Å². The fourth-order valence-corrected chi connectivity index (χ4v) is 1.06. The monoisotopic (exact) mass is 213 g/mol. The molecule has 0 bridgehead atoms. The summed E-state index contributed by atoms with van der Waals surface area (Å²) in [7, 11) is 1.63.